The maximum Gasteiger partial charge on any atom is 0.393 e. The van der Waals surface area contributed by atoms with Gasteiger partial charge < -0.3 is 0 Å². The van der Waals surface area contributed by atoms with Crippen molar-refractivity contribution in [2.24, 2.45) is 0 Å². The third-order valence-electron chi connectivity index (χ3n) is 1.32. The molecule has 0 unspecified atom stereocenters. The zero-order valence-corrected chi connectivity index (χ0v) is 7.45. The van der Waals surface area contributed by atoms with Gasteiger partial charge in [0.05, 0.1) is 6.42 Å². The average Bonchev–Trinajstić information content (AvgIpc) is 1.93. The number of aromatic nitrogens is 2. The molecule has 0 bridgehead atoms. The zero-order valence-electron chi connectivity index (χ0n) is 6.69. The molecule has 0 aliphatic carbocycles. The SMILES string of the molecule is Cc1ncc(CC(F)(F)F)c(Cl)n1. The van der Waals surface area contributed by atoms with E-state index in [-0.39, 0.29) is 10.7 Å². The van der Waals surface area contributed by atoms with Crippen molar-refractivity contribution in [2.75, 3.05) is 0 Å². The second-order valence-corrected chi connectivity index (χ2v) is 2.88. The predicted octanol–water partition coefficient (Wildman–Crippen LogP) is 2.54. The van der Waals surface area contributed by atoms with Crippen molar-refractivity contribution in [3.63, 3.8) is 0 Å². The molecular formula is C7H6ClF3N2. The summed E-state index contributed by atoms with van der Waals surface area (Å²) in [5.41, 5.74) is -0.0974. The van der Waals surface area contributed by atoms with E-state index in [4.69, 9.17) is 11.6 Å². The Bertz CT molecular complexity index is 311. The number of halogens is 4. The van der Waals surface area contributed by atoms with Gasteiger partial charge in [0.15, 0.2) is 0 Å². The third kappa shape index (κ3) is 3.18. The Kier molecular flexibility index (Phi) is 2.75. The minimum Gasteiger partial charge on any atom is -0.241 e. The highest BCUT2D eigenvalue weighted by Gasteiger charge is 2.29. The fourth-order valence-electron chi connectivity index (χ4n) is 0.802. The van der Waals surface area contributed by atoms with Gasteiger partial charge in [-0.3, -0.25) is 0 Å². The lowest BCUT2D eigenvalue weighted by Crippen LogP contribution is -2.12. The summed E-state index contributed by atoms with van der Waals surface area (Å²) >= 11 is 5.48. The molecule has 0 fully saturated rings. The van der Waals surface area contributed by atoms with Crippen LogP contribution >= 0.6 is 11.6 Å². The summed E-state index contributed by atoms with van der Waals surface area (Å²) in [5.74, 6) is 0.357. The molecule has 1 heterocycles. The molecule has 1 rings (SSSR count). The van der Waals surface area contributed by atoms with Gasteiger partial charge in [-0.1, -0.05) is 11.6 Å². The number of hydrogen-bond donors (Lipinski definition) is 0. The van der Waals surface area contributed by atoms with Crippen LogP contribution in [-0.4, -0.2) is 16.1 Å². The van der Waals surface area contributed by atoms with Crippen molar-refractivity contribution in [3.8, 4) is 0 Å². The highest BCUT2D eigenvalue weighted by Crippen LogP contribution is 2.24. The van der Waals surface area contributed by atoms with E-state index in [1.165, 1.54) is 0 Å². The van der Waals surface area contributed by atoms with Crippen molar-refractivity contribution >= 4 is 11.6 Å². The lowest BCUT2D eigenvalue weighted by molar-refractivity contribution is -0.127. The average molecular weight is 211 g/mol. The molecule has 0 radical (unpaired) electrons. The van der Waals surface area contributed by atoms with Crippen molar-refractivity contribution < 1.29 is 13.2 Å². The molecule has 0 N–H and O–H groups in total. The summed E-state index contributed by atoms with van der Waals surface area (Å²) in [7, 11) is 0. The Morgan fingerprint density at radius 3 is 2.54 bits per heavy atom. The predicted molar refractivity (Wildman–Crippen MR) is 41.5 cm³/mol. The monoisotopic (exact) mass is 210 g/mol. The van der Waals surface area contributed by atoms with Crippen molar-refractivity contribution in [2.45, 2.75) is 19.5 Å². The first kappa shape index (κ1) is 10.2. The standard InChI is InChI=1S/C7H6ClF3N2/c1-4-12-3-5(6(8)13-4)2-7(9,10)11/h3H,2H2,1H3. The molecule has 0 aliphatic heterocycles. The van der Waals surface area contributed by atoms with Crippen LogP contribution in [0.1, 0.15) is 11.4 Å². The van der Waals surface area contributed by atoms with Crippen LogP contribution in [0.25, 0.3) is 0 Å². The number of alkyl halides is 3. The Balaban J connectivity index is 2.90. The molecule has 0 aliphatic rings. The Hall–Kier alpha value is -0.840. The van der Waals surface area contributed by atoms with Crippen LogP contribution in [0.5, 0.6) is 0 Å². The summed E-state index contributed by atoms with van der Waals surface area (Å²) in [6.07, 6.45) is -4.27. The van der Waals surface area contributed by atoms with Gasteiger partial charge in [-0.25, -0.2) is 9.97 Å². The second kappa shape index (κ2) is 3.49. The minimum absolute atomic E-state index is 0.0974. The van der Waals surface area contributed by atoms with Gasteiger partial charge in [-0.2, -0.15) is 13.2 Å². The molecular weight excluding hydrogens is 205 g/mol. The Morgan fingerprint density at radius 1 is 1.46 bits per heavy atom. The largest absolute Gasteiger partial charge is 0.393 e. The minimum atomic E-state index is -4.28. The van der Waals surface area contributed by atoms with Crippen LogP contribution in [0.3, 0.4) is 0 Å². The summed E-state index contributed by atoms with van der Waals surface area (Å²) < 4.78 is 35.7. The van der Waals surface area contributed by atoms with Gasteiger partial charge in [0.25, 0.3) is 0 Å². The van der Waals surface area contributed by atoms with Crippen LogP contribution in [-0.2, 0) is 6.42 Å². The van der Waals surface area contributed by atoms with E-state index in [9.17, 15) is 13.2 Å². The van der Waals surface area contributed by atoms with Crippen molar-refractivity contribution in [1.82, 2.24) is 9.97 Å². The van der Waals surface area contributed by atoms with E-state index >= 15 is 0 Å². The fourth-order valence-corrected chi connectivity index (χ4v) is 1.04. The molecule has 13 heavy (non-hydrogen) atoms. The molecule has 1 aromatic rings. The van der Waals surface area contributed by atoms with Gasteiger partial charge in [-0.05, 0) is 6.92 Å². The van der Waals surface area contributed by atoms with E-state index in [2.05, 4.69) is 9.97 Å². The lowest BCUT2D eigenvalue weighted by atomic mass is 10.2. The van der Waals surface area contributed by atoms with Crippen LogP contribution in [0, 0.1) is 6.92 Å². The number of aryl methyl sites for hydroxylation is 1. The molecule has 0 saturated heterocycles. The smallest absolute Gasteiger partial charge is 0.241 e. The zero-order chi connectivity index (χ0) is 10.1. The Labute approximate surface area is 77.8 Å². The molecule has 6 heteroatoms. The van der Waals surface area contributed by atoms with E-state index in [0.717, 1.165) is 6.20 Å². The molecule has 0 saturated carbocycles. The first-order valence-corrected chi connectivity index (χ1v) is 3.81. The van der Waals surface area contributed by atoms with Gasteiger partial charge >= 0.3 is 6.18 Å². The van der Waals surface area contributed by atoms with E-state index in [1.807, 2.05) is 0 Å². The number of hydrogen-bond acceptors (Lipinski definition) is 2. The van der Waals surface area contributed by atoms with E-state index < -0.39 is 12.6 Å². The fraction of sp³-hybridized carbons (Fsp3) is 0.429. The van der Waals surface area contributed by atoms with Gasteiger partial charge in [0, 0.05) is 11.8 Å². The highest BCUT2D eigenvalue weighted by atomic mass is 35.5. The maximum atomic E-state index is 11.9. The first-order valence-electron chi connectivity index (χ1n) is 3.43. The van der Waals surface area contributed by atoms with Crippen LogP contribution in [0.2, 0.25) is 5.15 Å². The van der Waals surface area contributed by atoms with Crippen molar-refractivity contribution in [3.05, 3.63) is 22.7 Å². The summed E-state index contributed by atoms with van der Waals surface area (Å²) in [6, 6.07) is 0. The molecule has 72 valence electrons. The quantitative estimate of drug-likeness (QED) is 0.666. The van der Waals surface area contributed by atoms with Crippen LogP contribution in [0.15, 0.2) is 6.20 Å². The van der Waals surface area contributed by atoms with E-state index in [1.54, 1.807) is 6.92 Å². The lowest BCUT2D eigenvalue weighted by Gasteiger charge is -2.06. The molecule has 0 atom stereocenters. The summed E-state index contributed by atoms with van der Waals surface area (Å²) in [6.45, 7) is 1.56. The van der Waals surface area contributed by atoms with Gasteiger partial charge in [-0.15, -0.1) is 0 Å². The number of nitrogens with zero attached hydrogens (tertiary/aromatic N) is 2. The highest BCUT2D eigenvalue weighted by molar-refractivity contribution is 6.30. The normalized spacial score (nSPS) is 11.8. The Morgan fingerprint density at radius 2 is 2.08 bits per heavy atom. The van der Waals surface area contributed by atoms with E-state index in [0.29, 0.717) is 5.82 Å². The molecule has 1 aromatic heterocycles. The van der Waals surface area contributed by atoms with Crippen LogP contribution < -0.4 is 0 Å². The second-order valence-electron chi connectivity index (χ2n) is 2.53. The third-order valence-corrected chi connectivity index (χ3v) is 1.65. The molecule has 0 amide bonds. The van der Waals surface area contributed by atoms with Gasteiger partial charge in [0.2, 0.25) is 0 Å². The number of rotatable bonds is 1. The van der Waals surface area contributed by atoms with Gasteiger partial charge in [0.1, 0.15) is 11.0 Å². The molecule has 0 spiro atoms. The first-order chi connectivity index (χ1) is 5.88. The summed E-state index contributed by atoms with van der Waals surface area (Å²) in [5, 5.41) is -0.134. The summed E-state index contributed by atoms with van der Waals surface area (Å²) in [4.78, 5) is 7.24. The topological polar surface area (TPSA) is 25.8 Å². The van der Waals surface area contributed by atoms with Crippen LogP contribution in [0.4, 0.5) is 13.2 Å². The molecule has 0 aromatic carbocycles. The maximum absolute atomic E-state index is 11.9. The van der Waals surface area contributed by atoms with Crippen molar-refractivity contribution in [1.29, 1.82) is 0 Å². The molecule has 2 nitrogen and oxygen atoms in total.